The number of aromatic nitrogens is 2. The third kappa shape index (κ3) is 4.93. The fourth-order valence-corrected chi connectivity index (χ4v) is 2.82. The first-order valence-electron chi connectivity index (χ1n) is 8.43. The zero-order valence-electron chi connectivity index (χ0n) is 14.7. The van der Waals surface area contributed by atoms with Gasteiger partial charge < -0.3 is 20.1 Å². The van der Waals surface area contributed by atoms with Crippen LogP contribution >= 0.6 is 11.6 Å². The Morgan fingerprint density at radius 1 is 1.33 bits per heavy atom. The first-order chi connectivity index (χ1) is 13.1. The van der Waals surface area contributed by atoms with Crippen molar-refractivity contribution in [2.75, 3.05) is 25.6 Å². The Morgan fingerprint density at radius 3 is 2.93 bits per heavy atom. The van der Waals surface area contributed by atoms with Crippen molar-refractivity contribution < 1.29 is 19.1 Å². The van der Waals surface area contributed by atoms with Gasteiger partial charge >= 0.3 is 5.97 Å². The van der Waals surface area contributed by atoms with Gasteiger partial charge in [-0.3, -0.25) is 4.79 Å². The van der Waals surface area contributed by atoms with Gasteiger partial charge in [-0.1, -0.05) is 11.6 Å². The number of carbonyl (C=O) groups excluding carboxylic acids is 2. The second-order valence-corrected chi connectivity index (χ2v) is 6.35. The quantitative estimate of drug-likeness (QED) is 0.730. The summed E-state index contributed by atoms with van der Waals surface area (Å²) in [5, 5.41) is 6.19. The van der Waals surface area contributed by atoms with Crippen molar-refractivity contribution in [1.82, 2.24) is 15.3 Å². The zero-order valence-corrected chi connectivity index (χ0v) is 15.5. The predicted molar refractivity (Wildman–Crippen MR) is 99.4 cm³/mol. The Labute approximate surface area is 161 Å². The lowest BCUT2D eigenvalue weighted by molar-refractivity contribution is 0.0600. The van der Waals surface area contributed by atoms with Gasteiger partial charge in [-0.25, -0.2) is 14.8 Å². The van der Waals surface area contributed by atoms with E-state index in [2.05, 4.69) is 20.6 Å². The van der Waals surface area contributed by atoms with Crippen molar-refractivity contribution >= 4 is 35.0 Å². The molecule has 0 aliphatic carbocycles. The molecule has 1 fully saturated rings. The predicted octanol–water partition coefficient (Wildman–Crippen LogP) is 2.57. The largest absolute Gasteiger partial charge is 0.465 e. The summed E-state index contributed by atoms with van der Waals surface area (Å²) in [7, 11) is 1.30. The number of esters is 1. The van der Waals surface area contributed by atoms with E-state index in [4.69, 9.17) is 21.1 Å². The minimum absolute atomic E-state index is 0.0493. The number of hydrogen-bond donors (Lipinski definition) is 2. The van der Waals surface area contributed by atoms with E-state index in [-0.39, 0.29) is 17.7 Å². The van der Waals surface area contributed by atoms with Gasteiger partial charge in [0, 0.05) is 19.2 Å². The standard InChI is InChI=1S/C18H19ClN4O4/c1-26-18(25)11-4-5-13(19)14(7-11)23-16-8-15(21-10-22-16)17(24)20-9-12-3-2-6-27-12/h4-5,7-8,10,12H,2-3,6,9H2,1H3,(H,20,24)(H,21,22,23). The van der Waals surface area contributed by atoms with E-state index in [9.17, 15) is 9.59 Å². The zero-order chi connectivity index (χ0) is 19.2. The van der Waals surface area contributed by atoms with Crippen LogP contribution in [0.15, 0.2) is 30.6 Å². The molecule has 1 atom stereocenters. The second kappa shape index (κ2) is 8.79. The summed E-state index contributed by atoms with van der Waals surface area (Å²) in [5.74, 6) is -0.423. The Balaban J connectivity index is 1.70. The van der Waals surface area contributed by atoms with Crippen LogP contribution < -0.4 is 10.6 Å². The number of nitrogens with zero attached hydrogens (tertiary/aromatic N) is 2. The van der Waals surface area contributed by atoms with E-state index < -0.39 is 5.97 Å². The SMILES string of the molecule is COC(=O)c1ccc(Cl)c(Nc2cc(C(=O)NCC3CCCO3)ncn2)c1. The van der Waals surface area contributed by atoms with Crippen LogP contribution in [-0.2, 0) is 9.47 Å². The van der Waals surface area contributed by atoms with Crippen LogP contribution in [0.3, 0.4) is 0 Å². The highest BCUT2D eigenvalue weighted by atomic mass is 35.5. The molecule has 142 valence electrons. The van der Waals surface area contributed by atoms with Crippen LogP contribution in [0.5, 0.6) is 0 Å². The van der Waals surface area contributed by atoms with Crippen LogP contribution in [-0.4, -0.2) is 48.2 Å². The number of methoxy groups -OCH3 is 1. The molecule has 1 saturated heterocycles. The molecule has 2 N–H and O–H groups in total. The first-order valence-corrected chi connectivity index (χ1v) is 8.81. The Hall–Kier alpha value is -2.71. The van der Waals surface area contributed by atoms with E-state index in [1.807, 2.05) is 0 Å². The van der Waals surface area contributed by atoms with Crippen LogP contribution in [0.2, 0.25) is 5.02 Å². The monoisotopic (exact) mass is 390 g/mol. The van der Waals surface area contributed by atoms with Gasteiger partial charge in [0.15, 0.2) is 0 Å². The third-order valence-electron chi connectivity index (χ3n) is 4.06. The molecule has 0 spiro atoms. The number of anilines is 2. The summed E-state index contributed by atoms with van der Waals surface area (Å²) in [5.41, 5.74) is 1.02. The molecule has 2 heterocycles. The maximum Gasteiger partial charge on any atom is 0.337 e. The molecule has 3 rings (SSSR count). The highest BCUT2D eigenvalue weighted by Gasteiger charge is 2.17. The molecule has 1 unspecified atom stereocenters. The molecule has 1 aliphatic heterocycles. The summed E-state index contributed by atoms with van der Waals surface area (Å²) in [6.45, 7) is 1.17. The number of rotatable bonds is 6. The molecule has 0 bridgehead atoms. The average molecular weight is 391 g/mol. The first kappa shape index (κ1) is 19.1. The van der Waals surface area contributed by atoms with Crippen LogP contribution in [0.1, 0.15) is 33.7 Å². The molecule has 1 aliphatic rings. The molecule has 0 saturated carbocycles. The van der Waals surface area contributed by atoms with Gasteiger partial charge in [-0.15, -0.1) is 0 Å². The molecule has 8 nitrogen and oxygen atoms in total. The lowest BCUT2D eigenvalue weighted by Gasteiger charge is -2.12. The summed E-state index contributed by atoms with van der Waals surface area (Å²) in [6, 6.07) is 6.19. The van der Waals surface area contributed by atoms with Crippen molar-refractivity contribution in [2.45, 2.75) is 18.9 Å². The molecule has 1 aromatic carbocycles. The number of carbonyl (C=O) groups is 2. The molecule has 1 amide bonds. The summed E-state index contributed by atoms with van der Waals surface area (Å²) >= 11 is 6.17. The van der Waals surface area contributed by atoms with Gasteiger partial charge in [-0.05, 0) is 31.0 Å². The van der Waals surface area contributed by atoms with E-state index in [1.54, 1.807) is 18.2 Å². The van der Waals surface area contributed by atoms with Gasteiger partial charge in [0.1, 0.15) is 17.8 Å². The van der Waals surface area contributed by atoms with E-state index in [0.717, 1.165) is 19.4 Å². The fourth-order valence-electron chi connectivity index (χ4n) is 2.66. The summed E-state index contributed by atoms with van der Waals surface area (Å²) < 4.78 is 10.2. The van der Waals surface area contributed by atoms with Crippen molar-refractivity contribution in [3.05, 3.63) is 46.9 Å². The third-order valence-corrected chi connectivity index (χ3v) is 4.39. The highest BCUT2D eigenvalue weighted by Crippen LogP contribution is 2.26. The second-order valence-electron chi connectivity index (χ2n) is 5.94. The summed E-state index contributed by atoms with van der Waals surface area (Å²) in [6.07, 6.45) is 3.27. The van der Waals surface area contributed by atoms with E-state index in [0.29, 0.717) is 28.6 Å². The maximum atomic E-state index is 12.3. The van der Waals surface area contributed by atoms with Crippen LogP contribution in [0, 0.1) is 0 Å². The Bertz CT molecular complexity index is 840. The van der Waals surface area contributed by atoms with Gasteiger partial charge in [0.25, 0.3) is 5.91 Å². The number of hydrogen-bond acceptors (Lipinski definition) is 7. The molecule has 0 radical (unpaired) electrons. The number of benzene rings is 1. The number of nitrogens with one attached hydrogen (secondary N) is 2. The van der Waals surface area contributed by atoms with Crippen molar-refractivity contribution in [2.24, 2.45) is 0 Å². The molecular formula is C18H19ClN4O4. The minimum Gasteiger partial charge on any atom is -0.465 e. The Kier molecular flexibility index (Phi) is 6.20. The van der Waals surface area contributed by atoms with Crippen LogP contribution in [0.4, 0.5) is 11.5 Å². The number of halogens is 1. The lowest BCUT2D eigenvalue weighted by atomic mass is 10.2. The molecule has 1 aromatic heterocycles. The molecular weight excluding hydrogens is 372 g/mol. The van der Waals surface area contributed by atoms with E-state index in [1.165, 1.54) is 19.5 Å². The topological polar surface area (TPSA) is 102 Å². The Morgan fingerprint density at radius 2 is 2.19 bits per heavy atom. The van der Waals surface area contributed by atoms with Crippen LogP contribution in [0.25, 0.3) is 0 Å². The number of ether oxygens (including phenoxy) is 2. The van der Waals surface area contributed by atoms with Crippen molar-refractivity contribution in [3.63, 3.8) is 0 Å². The van der Waals surface area contributed by atoms with Gasteiger partial charge in [-0.2, -0.15) is 0 Å². The normalized spacial score (nSPS) is 16.0. The van der Waals surface area contributed by atoms with Crippen molar-refractivity contribution in [3.8, 4) is 0 Å². The fraction of sp³-hybridized carbons (Fsp3) is 0.333. The molecule has 9 heteroatoms. The van der Waals surface area contributed by atoms with Gasteiger partial charge in [0.05, 0.1) is 29.5 Å². The highest BCUT2D eigenvalue weighted by molar-refractivity contribution is 6.33. The van der Waals surface area contributed by atoms with Crippen molar-refractivity contribution in [1.29, 1.82) is 0 Å². The number of amides is 1. The summed E-state index contributed by atoms with van der Waals surface area (Å²) in [4.78, 5) is 32.0. The average Bonchev–Trinajstić information content (AvgIpc) is 3.21. The maximum absolute atomic E-state index is 12.3. The van der Waals surface area contributed by atoms with Gasteiger partial charge in [0.2, 0.25) is 0 Å². The minimum atomic E-state index is -0.480. The smallest absolute Gasteiger partial charge is 0.337 e. The van der Waals surface area contributed by atoms with E-state index >= 15 is 0 Å². The molecule has 2 aromatic rings. The molecule has 27 heavy (non-hydrogen) atoms. The lowest BCUT2D eigenvalue weighted by Crippen LogP contribution is -2.32.